The molecule has 0 atom stereocenters. The lowest BCUT2D eigenvalue weighted by Gasteiger charge is -2.21. The molecule has 0 aliphatic carbocycles. The maximum absolute atomic E-state index is 12.9. The number of pyridine rings is 1. The molecule has 3 nitrogen and oxygen atoms in total. The van der Waals surface area contributed by atoms with Crippen molar-refractivity contribution in [3.05, 3.63) is 65.5 Å². The van der Waals surface area contributed by atoms with Crippen LogP contribution in [0, 0.1) is 0 Å². The average Bonchev–Trinajstić information content (AvgIpc) is 2.77. The number of nitrogen functional groups attached to an aromatic ring is 1. The summed E-state index contributed by atoms with van der Waals surface area (Å²) < 4.78 is 38.8. The monoisotopic (exact) mass is 305 g/mol. The van der Waals surface area contributed by atoms with E-state index in [1.807, 2.05) is 30.3 Å². The highest BCUT2D eigenvalue weighted by Crippen LogP contribution is 2.41. The first-order chi connectivity index (χ1) is 10.4. The molecule has 0 spiro atoms. The third-order valence-electron chi connectivity index (χ3n) is 3.66. The lowest BCUT2D eigenvalue weighted by atomic mass is 10.1. The van der Waals surface area contributed by atoms with Crippen LogP contribution in [0.15, 0.2) is 48.7 Å². The van der Waals surface area contributed by atoms with Gasteiger partial charge >= 0.3 is 6.18 Å². The summed E-state index contributed by atoms with van der Waals surface area (Å²) in [5.41, 5.74) is 7.48. The number of benzene rings is 1. The van der Waals surface area contributed by atoms with Gasteiger partial charge in [-0.25, -0.2) is 4.98 Å². The lowest BCUT2D eigenvalue weighted by molar-refractivity contribution is -0.141. The molecule has 0 saturated carbocycles. The highest BCUT2D eigenvalue weighted by Gasteiger charge is 2.36. The van der Waals surface area contributed by atoms with Crippen LogP contribution in [0.4, 0.5) is 24.7 Å². The summed E-state index contributed by atoms with van der Waals surface area (Å²) in [6, 6.07) is 10.5. The molecule has 2 N–H and O–H groups in total. The van der Waals surface area contributed by atoms with Crippen molar-refractivity contribution in [1.82, 2.24) is 4.98 Å². The molecule has 0 bridgehead atoms. The molecule has 1 aliphatic heterocycles. The van der Waals surface area contributed by atoms with Crippen LogP contribution >= 0.6 is 0 Å². The minimum absolute atomic E-state index is 0.0819. The number of halogens is 3. The van der Waals surface area contributed by atoms with Gasteiger partial charge in [0.15, 0.2) is 0 Å². The van der Waals surface area contributed by atoms with Crippen LogP contribution in [-0.4, -0.2) is 4.98 Å². The summed E-state index contributed by atoms with van der Waals surface area (Å²) in [4.78, 5) is 5.24. The van der Waals surface area contributed by atoms with Gasteiger partial charge < -0.3 is 10.6 Å². The maximum atomic E-state index is 12.9. The van der Waals surface area contributed by atoms with Gasteiger partial charge in [0.1, 0.15) is 11.5 Å². The van der Waals surface area contributed by atoms with Gasteiger partial charge in [0.2, 0.25) is 0 Å². The Morgan fingerprint density at radius 1 is 1.23 bits per heavy atom. The number of hydrogen-bond acceptors (Lipinski definition) is 3. The van der Waals surface area contributed by atoms with E-state index in [9.17, 15) is 13.2 Å². The van der Waals surface area contributed by atoms with Crippen molar-refractivity contribution in [2.45, 2.75) is 19.1 Å². The zero-order valence-electron chi connectivity index (χ0n) is 11.7. The summed E-state index contributed by atoms with van der Waals surface area (Å²) in [5.74, 6) is -0.0819. The minimum atomic E-state index is -4.52. The van der Waals surface area contributed by atoms with E-state index >= 15 is 0 Å². The fraction of sp³-hybridized carbons (Fsp3) is 0.188. The molecular formula is C16H14F3N3. The summed E-state index contributed by atoms with van der Waals surface area (Å²) in [5, 5.41) is 0. The first-order valence-corrected chi connectivity index (χ1v) is 6.72. The molecule has 1 aromatic carbocycles. The molecule has 1 aromatic heterocycles. The molecule has 3 rings (SSSR count). The second kappa shape index (κ2) is 5.05. The van der Waals surface area contributed by atoms with Crippen LogP contribution in [0.25, 0.3) is 0 Å². The number of rotatable bonds is 2. The highest BCUT2D eigenvalue weighted by molar-refractivity contribution is 5.71. The quantitative estimate of drug-likeness (QED) is 0.918. The number of fused-ring (bicyclic) bond motifs is 1. The number of hydrogen-bond donors (Lipinski definition) is 1. The zero-order valence-corrected chi connectivity index (χ0v) is 11.7. The first-order valence-electron chi connectivity index (χ1n) is 6.72. The molecule has 0 unspecified atom stereocenters. The molecule has 0 fully saturated rings. The Morgan fingerprint density at radius 3 is 2.55 bits per heavy atom. The van der Waals surface area contributed by atoms with E-state index in [4.69, 9.17) is 5.73 Å². The standard InChI is InChI=1S/C16H14F3N3/c1-10-7-12-13(8-14(16(17,18)19)21-15(12)20)22(10)9-11-5-3-2-4-6-11/h2-6,8H,1,7,9H2,(H2,20,21). The van der Waals surface area contributed by atoms with Crippen molar-refractivity contribution in [2.24, 2.45) is 0 Å². The van der Waals surface area contributed by atoms with E-state index in [-0.39, 0.29) is 5.82 Å². The highest BCUT2D eigenvalue weighted by atomic mass is 19.4. The molecule has 6 heteroatoms. The molecule has 2 aromatic rings. The van der Waals surface area contributed by atoms with Gasteiger partial charge in [0.05, 0.1) is 5.69 Å². The van der Waals surface area contributed by atoms with Gasteiger partial charge in [0, 0.05) is 24.2 Å². The van der Waals surface area contributed by atoms with Crippen LogP contribution in [0.1, 0.15) is 16.8 Å². The van der Waals surface area contributed by atoms with Crippen molar-refractivity contribution in [3.8, 4) is 0 Å². The average molecular weight is 305 g/mol. The number of nitrogens with zero attached hydrogens (tertiary/aromatic N) is 2. The molecule has 1 aliphatic rings. The molecule has 2 heterocycles. The van der Waals surface area contributed by atoms with Gasteiger partial charge in [-0.1, -0.05) is 36.9 Å². The lowest BCUT2D eigenvalue weighted by Crippen LogP contribution is -2.18. The Labute approximate surface area is 125 Å². The van der Waals surface area contributed by atoms with Gasteiger partial charge in [-0.15, -0.1) is 0 Å². The van der Waals surface area contributed by atoms with E-state index in [2.05, 4.69) is 11.6 Å². The molecule has 0 amide bonds. The van der Waals surface area contributed by atoms with Gasteiger partial charge in [-0.3, -0.25) is 0 Å². The zero-order chi connectivity index (χ0) is 15.9. The van der Waals surface area contributed by atoms with Crippen molar-refractivity contribution >= 4 is 11.5 Å². The SMILES string of the molecule is C=C1Cc2c(cc(C(F)(F)F)nc2N)N1Cc1ccccc1. The predicted octanol–water partition coefficient (Wildman–Crippen LogP) is 3.76. The van der Waals surface area contributed by atoms with Gasteiger partial charge in [0.25, 0.3) is 0 Å². The van der Waals surface area contributed by atoms with Crippen LogP contribution in [0.3, 0.4) is 0 Å². The van der Waals surface area contributed by atoms with E-state index in [1.54, 1.807) is 4.90 Å². The van der Waals surface area contributed by atoms with E-state index in [1.165, 1.54) is 0 Å². The summed E-state index contributed by atoms with van der Waals surface area (Å²) in [7, 11) is 0. The second-order valence-corrected chi connectivity index (χ2v) is 5.20. The third kappa shape index (κ3) is 2.52. The van der Waals surface area contributed by atoms with Gasteiger partial charge in [-0.2, -0.15) is 13.2 Å². The predicted molar refractivity (Wildman–Crippen MR) is 79.1 cm³/mol. The Kier molecular flexibility index (Phi) is 3.31. The molecular weight excluding hydrogens is 291 g/mol. The van der Waals surface area contributed by atoms with E-state index < -0.39 is 11.9 Å². The third-order valence-corrected chi connectivity index (χ3v) is 3.66. The van der Waals surface area contributed by atoms with Crippen molar-refractivity contribution in [2.75, 3.05) is 10.6 Å². The number of allylic oxidation sites excluding steroid dienone is 1. The van der Waals surface area contributed by atoms with Crippen molar-refractivity contribution in [3.63, 3.8) is 0 Å². The van der Waals surface area contributed by atoms with Crippen molar-refractivity contribution in [1.29, 1.82) is 0 Å². The topological polar surface area (TPSA) is 42.1 Å². The fourth-order valence-electron chi connectivity index (χ4n) is 2.58. The van der Waals surface area contributed by atoms with E-state index in [0.717, 1.165) is 11.6 Å². The molecule has 114 valence electrons. The van der Waals surface area contributed by atoms with Crippen LogP contribution in [-0.2, 0) is 19.1 Å². The number of aromatic nitrogens is 1. The minimum Gasteiger partial charge on any atom is -0.383 e. The Morgan fingerprint density at radius 2 is 1.91 bits per heavy atom. The summed E-state index contributed by atoms with van der Waals surface area (Å²) in [6.07, 6.45) is -4.11. The summed E-state index contributed by atoms with van der Waals surface area (Å²) >= 11 is 0. The normalized spacial score (nSPS) is 14.3. The molecule has 22 heavy (non-hydrogen) atoms. The first kappa shape index (κ1) is 14.4. The second-order valence-electron chi connectivity index (χ2n) is 5.20. The maximum Gasteiger partial charge on any atom is 0.433 e. The van der Waals surface area contributed by atoms with Gasteiger partial charge in [-0.05, 0) is 11.6 Å². The smallest absolute Gasteiger partial charge is 0.383 e. The molecule has 0 saturated heterocycles. The van der Waals surface area contributed by atoms with Crippen LogP contribution in [0.5, 0.6) is 0 Å². The number of alkyl halides is 3. The Hall–Kier alpha value is -2.50. The Balaban J connectivity index is 2.03. The number of nitrogens with two attached hydrogens (primary N) is 1. The summed E-state index contributed by atoms with van der Waals surface area (Å²) in [6.45, 7) is 4.39. The van der Waals surface area contributed by atoms with Crippen molar-refractivity contribution < 1.29 is 13.2 Å². The van der Waals surface area contributed by atoms with Crippen LogP contribution in [0.2, 0.25) is 0 Å². The number of anilines is 2. The van der Waals surface area contributed by atoms with Crippen LogP contribution < -0.4 is 10.6 Å². The Bertz CT molecular complexity index is 723. The fourth-order valence-corrected chi connectivity index (χ4v) is 2.58. The largest absolute Gasteiger partial charge is 0.433 e. The molecule has 0 radical (unpaired) electrons. The van der Waals surface area contributed by atoms with E-state index in [0.29, 0.717) is 29.9 Å².